The van der Waals surface area contributed by atoms with E-state index in [0.717, 1.165) is 51.4 Å². The van der Waals surface area contributed by atoms with E-state index in [1.165, 1.54) is 32.8 Å². The number of hydrogen-bond donors (Lipinski definition) is 3. The van der Waals surface area contributed by atoms with Gasteiger partial charge in [-0.1, -0.05) is 27.2 Å². The van der Waals surface area contributed by atoms with Crippen molar-refractivity contribution in [3.05, 3.63) is 0 Å². The molecule has 4 saturated carbocycles. The molecule has 0 aromatic heterocycles. The van der Waals surface area contributed by atoms with E-state index in [0.29, 0.717) is 54.9 Å². The second-order valence-electron chi connectivity index (χ2n) is 13.7. The van der Waals surface area contributed by atoms with Crippen LogP contribution in [0.5, 0.6) is 0 Å². The van der Waals surface area contributed by atoms with E-state index in [1.54, 1.807) is 0 Å². The van der Waals surface area contributed by atoms with Crippen LogP contribution in [0.15, 0.2) is 0 Å². The van der Waals surface area contributed by atoms with E-state index < -0.39 is 0 Å². The Kier molecular flexibility index (Phi) is 9.31. The molecule has 4 fully saturated rings. The lowest BCUT2D eigenvalue weighted by Crippen LogP contribution is -2.58. The largest absolute Gasteiger partial charge is 0.469 e. The van der Waals surface area contributed by atoms with Crippen LogP contribution in [0.3, 0.4) is 0 Å². The predicted octanol–water partition coefficient (Wildman–Crippen LogP) is 5.24. The summed E-state index contributed by atoms with van der Waals surface area (Å²) in [5, 5.41) is 24.8. The van der Waals surface area contributed by atoms with Gasteiger partial charge in [0.1, 0.15) is 0 Å². The van der Waals surface area contributed by atoms with E-state index in [1.807, 2.05) is 0 Å². The van der Waals surface area contributed by atoms with Crippen molar-refractivity contribution in [1.29, 1.82) is 0 Å². The first-order valence-electron chi connectivity index (χ1n) is 15.3. The first-order valence-corrected chi connectivity index (χ1v) is 15.3. The van der Waals surface area contributed by atoms with Gasteiger partial charge in [-0.15, -0.1) is 0 Å². The number of fused-ring (bicyclic) bond motifs is 5. The normalized spacial score (nSPS) is 41.7. The molecule has 4 rings (SSSR count). The van der Waals surface area contributed by atoms with Gasteiger partial charge in [0.15, 0.2) is 0 Å². The lowest BCUT2D eigenvalue weighted by Gasteiger charge is -2.62. The highest BCUT2D eigenvalue weighted by atomic mass is 16.5. The van der Waals surface area contributed by atoms with Crippen LogP contribution in [0.1, 0.15) is 111 Å². The SMILES string of the molecule is COC(=O)CCCCCNC(=O)CC[C@@H](C)[C@H]1CC[C@H]2[C@@H]3[C@@H](O)C[C@@H]4C[C@H](O)CC[C@]4(C)[C@H]3CC[C@]12C. The Balaban J connectivity index is 1.27. The van der Waals surface area contributed by atoms with Crippen molar-refractivity contribution in [2.45, 2.75) is 123 Å². The summed E-state index contributed by atoms with van der Waals surface area (Å²) in [6.07, 6.45) is 12.8. The lowest BCUT2D eigenvalue weighted by atomic mass is 9.43. The molecular weight excluding hydrogens is 466 g/mol. The number of amides is 1. The number of methoxy groups -OCH3 is 1. The summed E-state index contributed by atoms with van der Waals surface area (Å²) in [6.45, 7) is 8.00. The lowest BCUT2D eigenvalue weighted by molar-refractivity contribution is -0.174. The van der Waals surface area contributed by atoms with Crippen molar-refractivity contribution in [3.8, 4) is 0 Å². The summed E-state index contributed by atoms with van der Waals surface area (Å²) in [5.41, 5.74) is 0.528. The fourth-order valence-corrected chi connectivity index (χ4v) is 9.72. The maximum absolute atomic E-state index is 12.5. The Labute approximate surface area is 224 Å². The van der Waals surface area contributed by atoms with Gasteiger partial charge in [0.05, 0.1) is 19.3 Å². The van der Waals surface area contributed by atoms with Gasteiger partial charge in [-0.05, 0) is 117 Å². The number of aliphatic hydroxyl groups excluding tert-OH is 2. The van der Waals surface area contributed by atoms with Crippen molar-refractivity contribution >= 4 is 11.9 Å². The molecule has 0 heterocycles. The Hall–Kier alpha value is -1.14. The number of carbonyl (C=O) groups excluding carboxylic acids is 2. The number of unbranched alkanes of at least 4 members (excludes halogenated alkanes) is 2. The highest BCUT2D eigenvalue weighted by Gasteiger charge is 2.62. The van der Waals surface area contributed by atoms with Gasteiger partial charge in [0, 0.05) is 19.4 Å². The molecule has 0 aliphatic heterocycles. The zero-order valence-corrected chi connectivity index (χ0v) is 23.8. The van der Waals surface area contributed by atoms with Crippen LogP contribution in [0.2, 0.25) is 0 Å². The van der Waals surface area contributed by atoms with Crippen molar-refractivity contribution in [1.82, 2.24) is 5.32 Å². The molecule has 6 heteroatoms. The standard InChI is InChI=1S/C31H53NO5/c1-20(9-12-27(35)32-17-7-5-6-8-28(36)37-4)23-10-11-24-29-25(14-16-31(23,24)3)30(2)15-13-22(33)18-21(30)19-26(29)34/h20-26,29,33-34H,5-19H2,1-4H3,(H,32,35)/t20-,21+,22-,23-,24+,25+,26+,29+,30+,31-/m1/s1. The Morgan fingerprint density at radius 2 is 1.68 bits per heavy atom. The quantitative estimate of drug-likeness (QED) is 0.271. The van der Waals surface area contributed by atoms with Crippen molar-refractivity contribution < 1.29 is 24.5 Å². The molecule has 212 valence electrons. The third kappa shape index (κ3) is 5.90. The third-order valence-electron chi connectivity index (χ3n) is 11.8. The highest BCUT2D eigenvalue weighted by Crippen LogP contribution is 2.68. The minimum absolute atomic E-state index is 0.143. The number of ether oxygens (including phenoxy) is 1. The molecule has 0 saturated heterocycles. The molecule has 0 bridgehead atoms. The van der Waals surface area contributed by atoms with Gasteiger partial charge in [-0.3, -0.25) is 9.59 Å². The van der Waals surface area contributed by atoms with Gasteiger partial charge in [0.25, 0.3) is 0 Å². The second-order valence-corrected chi connectivity index (χ2v) is 13.7. The molecular formula is C31H53NO5. The maximum Gasteiger partial charge on any atom is 0.305 e. The number of aliphatic hydroxyl groups is 2. The van der Waals surface area contributed by atoms with E-state index in [2.05, 4.69) is 30.8 Å². The molecule has 0 aromatic rings. The van der Waals surface area contributed by atoms with Crippen molar-refractivity contribution in [2.24, 2.45) is 46.3 Å². The minimum Gasteiger partial charge on any atom is -0.469 e. The van der Waals surface area contributed by atoms with Crippen molar-refractivity contribution in [2.75, 3.05) is 13.7 Å². The molecule has 10 atom stereocenters. The van der Waals surface area contributed by atoms with E-state index >= 15 is 0 Å². The molecule has 0 spiro atoms. The molecule has 0 unspecified atom stereocenters. The number of rotatable bonds is 10. The minimum atomic E-state index is -0.231. The number of carbonyl (C=O) groups is 2. The average molecular weight is 520 g/mol. The molecule has 3 N–H and O–H groups in total. The van der Waals surface area contributed by atoms with E-state index in [9.17, 15) is 19.8 Å². The fourth-order valence-electron chi connectivity index (χ4n) is 9.72. The van der Waals surface area contributed by atoms with Gasteiger partial charge >= 0.3 is 5.97 Å². The first kappa shape index (κ1) is 28.9. The zero-order valence-electron chi connectivity index (χ0n) is 23.8. The van der Waals surface area contributed by atoms with E-state index in [-0.39, 0.29) is 34.9 Å². The zero-order chi connectivity index (χ0) is 26.8. The van der Waals surface area contributed by atoms with Crippen LogP contribution in [-0.4, -0.2) is 48.0 Å². The number of nitrogens with one attached hydrogen (secondary N) is 1. The smallest absolute Gasteiger partial charge is 0.305 e. The van der Waals surface area contributed by atoms with Gasteiger partial charge in [-0.25, -0.2) is 0 Å². The van der Waals surface area contributed by atoms with Crippen molar-refractivity contribution in [3.63, 3.8) is 0 Å². The molecule has 37 heavy (non-hydrogen) atoms. The van der Waals surface area contributed by atoms with Crippen LogP contribution in [-0.2, 0) is 14.3 Å². The molecule has 4 aliphatic carbocycles. The summed E-state index contributed by atoms with van der Waals surface area (Å²) >= 11 is 0. The van der Waals surface area contributed by atoms with Crippen LogP contribution < -0.4 is 5.32 Å². The topological polar surface area (TPSA) is 95.9 Å². The summed E-state index contributed by atoms with van der Waals surface area (Å²) in [5.74, 6) is 3.12. The Morgan fingerprint density at radius 1 is 0.946 bits per heavy atom. The third-order valence-corrected chi connectivity index (χ3v) is 11.8. The summed E-state index contributed by atoms with van der Waals surface area (Å²) in [4.78, 5) is 23.7. The summed E-state index contributed by atoms with van der Waals surface area (Å²) < 4.78 is 4.66. The average Bonchev–Trinajstić information content (AvgIpc) is 3.22. The second kappa shape index (κ2) is 11.9. The fraction of sp³-hybridized carbons (Fsp3) is 0.935. The molecule has 6 nitrogen and oxygen atoms in total. The molecule has 4 aliphatic rings. The van der Waals surface area contributed by atoms with E-state index in [4.69, 9.17) is 0 Å². The van der Waals surface area contributed by atoms with Crippen LogP contribution in [0.4, 0.5) is 0 Å². The Morgan fingerprint density at radius 3 is 2.43 bits per heavy atom. The summed E-state index contributed by atoms with van der Waals surface area (Å²) in [6, 6.07) is 0. The van der Waals surface area contributed by atoms with Gasteiger partial charge < -0.3 is 20.3 Å². The van der Waals surface area contributed by atoms with Crippen LogP contribution in [0, 0.1) is 46.3 Å². The van der Waals surface area contributed by atoms with Gasteiger partial charge in [0.2, 0.25) is 5.91 Å². The predicted molar refractivity (Wildman–Crippen MR) is 145 cm³/mol. The van der Waals surface area contributed by atoms with Crippen LogP contribution >= 0.6 is 0 Å². The molecule has 0 radical (unpaired) electrons. The highest BCUT2D eigenvalue weighted by molar-refractivity contribution is 5.75. The van der Waals surface area contributed by atoms with Crippen LogP contribution in [0.25, 0.3) is 0 Å². The number of esters is 1. The molecule has 1 amide bonds. The first-order chi connectivity index (χ1) is 17.6. The Bertz CT molecular complexity index is 802. The summed E-state index contributed by atoms with van der Waals surface area (Å²) in [7, 11) is 1.42. The monoisotopic (exact) mass is 519 g/mol. The van der Waals surface area contributed by atoms with Gasteiger partial charge in [-0.2, -0.15) is 0 Å². The number of hydrogen-bond acceptors (Lipinski definition) is 5. The molecule has 0 aromatic carbocycles. The maximum atomic E-state index is 12.5.